The predicted molar refractivity (Wildman–Crippen MR) is 116 cm³/mol. The van der Waals surface area contributed by atoms with E-state index in [1.165, 1.54) is 0 Å². The first-order valence-electron chi connectivity index (χ1n) is 10.3. The average molecular weight is 398 g/mol. The molecule has 0 saturated carbocycles. The second kappa shape index (κ2) is 8.37. The van der Waals surface area contributed by atoms with Crippen LogP contribution in [0.3, 0.4) is 0 Å². The summed E-state index contributed by atoms with van der Waals surface area (Å²) in [6, 6.07) is 7.41. The fraction of sp³-hybridized carbons (Fsp3) is 0.500. The van der Waals surface area contributed by atoms with E-state index in [1.807, 2.05) is 31.2 Å². The number of hydrogen-bond acceptors (Lipinski definition) is 4. The third-order valence-electron chi connectivity index (χ3n) is 5.27. The SMILES string of the molecule is CCCCN(CC(=O)N1c2ccccc2NC(=O)c2c1cnn2CC)C(C)(C)C. The van der Waals surface area contributed by atoms with Crippen molar-refractivity contribution in [1.82, 2.24) is 14.7 Å². The molecule has 0 unspecified atom stereocenters. The number of nitrogens with one attached hydrogen (secondary N) is 1. The van der Waals surface area contributed by atoms with Gasteiger partial charge < -0.3 is 5.32 Å². The van der Waals surface area contributed by atoms with Crippen LogP contribution in [0, 0.1) is 0 Å². The van der Waals surface area contributed by atoms with E-state index in [0.29, 0.717) is 29.3 Å². The number of amides is 2. The Balaban J connectivity index is 2.05. The molecule has 0 spiro atoms. The standard InChI is InChI=1S/C22H31N5O2/c1-6-8-13-25(22(3,4)5)15-19(28)27-17-12-10-9-11-16(17)24-21(29)20-18(27)14-23-26(20)7-2/h9-12,14H,6-8,13,15H2,1-5H3,(H,24,29). The Morgan fingerprint density at radius 3 is 2.55 bits per heavy atom. The van der Waals surface area contributed by atoms with E-state index >= 15 is 0 Å². The molecule has 1 N–H and O–H groups in total. The van der Waals surface area contributed by atoms with Crippen LogP contribution in [0.2, 0.25) is 0 Å². The smallest absolute Gasteiger partial charge is 0.276 e. The van der Waals surface area contributed by atoms with Crippen molar-refractivity contribution < 1.29 is 9.59 Å². The Morgan fingerprint density at radius 1 is 1.17 bits per heavy atom. The van der Waals surface area contributed by atoms with Gasteiger partial charge >= 0.3 is 0 Å². The Morgan fingerprint density at radius 2 is 1.90 bits per heavy atom. The highest BCUT2D eigenvalue weighted by Crippen LogP contribution is 2.38. The summed E-state index contributed by atoms with van der Waals surface area (Å²) in [4.78, 5) is 30.3. The molecule has 2 aromatic rings. The van der Waals surface area contributed by atoms with Crippen molar-refractivity contribution in [3.63, 3.8) is 0 Å². The highest BCUT2D eigenvalue weighted by molar-refractivity contribution is 6.17. The van der Waals surface area contributed by atoms with Crippen molar-refractivity contribution in [3.05, 3.63) is 36.2 Å². The molecule has 156 valence electrons. The molecule has 2 heterocycles. The maximum Gasteiger partial charge on any atom is 0.276 e. The molecule has 0 bridgehead atoms. The zero-order chi connectivity index (χ0) is 21.2. The second-order valence-electron chi connectivity index (χ2n) is 8.34. The van der Waals surface area contributed by atoms with E-state index < -0.39 is 0 Å². The van der Waals surface area contributed by atoms with Gasteiger partial charge in [-0.05, 0) is 52.8 Å². The largest absolute Gasteiger partial charge is 0.319 e. The highest BCUT2D eigenvalue weighted by atomic mass is 16.2. The Hall–Kier alpha value is -2.67. The molecule has 7 heteroatoms. The summed E-state index contributed by atoms with van der Waals surface area (Å²) in [5.74, 6) is -0.322. The van der Waals surface area contributed by atoms with Crippen LogP contribution < -0.4 is 10.2 Å². The third kappa shape index (κ3) is 4.19. The number of hydrogen-bond donors (Lipinski definition) is 1. The molecule has 7 nitrogen and oxygen atoms in total. The number of carbonyl (C=O) groups excluding carboxylic acids is 2. The van der Waals surface area contributed by atoms with Crippen LogP contribution in [0.15, 0.2) is 30.5 Å². The van der Waals surface area contributed by atoms with Crippen LogP contribution in [0.4, 0.5) is 17.1 Å². The van der Waals surface area contributed by atoms with Crippen molar-refractivity contribution >= 4 is 28.9 Å². The van der Waals surface area contributed by atoms with Gasteiger partial charge in [-0.15, -0.1) is 0 Å². The third-order valence-corrected chi connectivity index (χ3v) is 5.27. The number of nitrogens with zero attached hydrogens (tertiary/aromatic N) is 4. The number of aromatic nitrogens is 2. The lowest BCUT2D eigenvalue weighted by molar-refractivity contribution is -0.120. The van der Waals surface area contributed by atoms with E-state index in [-0.39, 0.29) is 23.9 Å². The van der Waals surface area contributed by atoms with Crippen LogP contribution in [0.25, 0.3) is 0 Å². The fourth-order valence-electron chi connectivity index (χ4n) is 3.60. The summed E-state index contributed by atoms with van der Waals surface area (Å²) in [6.45, 7) is 12.1. The van der Waals surface area contributed by atoms with Crippen molar-refractivity contribution in [3.8, 4) is 0 Å². The number of benzene rings is 1. The number of aryl methyl sites for hydroxylation is 1. The average Bonchev–Trinajstić information content (AvgIpc) is 3.04. The second-order valence-corrected chi connectivity index (χ2v) is 8.34. The number of fused-ring (bicyclic) bond motifs is 2. The zero-order valence-electron chi connectivity index (χ0n) is 18.0. The zero-order valence-corrected chi connectivity index (χ0v) is 18.0. The van der Waals surface area contributed by atoms with Crippen molar-refractivity contribution in [2.75, 3.05) is 23.3 Å². The first-order chi connectivity index (χ1) is 13.8. The first-order valence-corrected chi connectivity index (χ1v) is 10.3. The summed E-state index contributed by atoms with van der Waals surface area (Å²) in [5, 5.41) is 7.27. The number of rotatable bonds is 6. The van der Waals surface area contributed by atoms with Crippen molar-refractivity contribution in [2.24, 2.45) is 0 Å². The lowest BCUT2D eigenvalue weighted by atomic mass is 10.0. The fourth-order valence-corrected chi connectivity index (χ4v) is 3.60. The summed E-state index contributed by atoms with van der Waals surface area (Å²) in [5.41, 5.74) is 2.10. The summed E-state index contributed by atoms with van der Waals surface area (Å²) in [6.07, 6.45) is 3.71. The molecule has 0 radical (unpaired) electrons. The van der Waals surface area contributed by atoms with E-state index in [0.717, 1.165) is 19.4 Å². The van der Waals surface area contributed by atoms with Crippen LogP contribution in [0.5, 0.6) is 0 Å². The minimum absolute atomic E-state index is 0.0723. The predicted octanol–water partition coefficient (Wildman–Crippen LogP) is 4.03. The normalized spacial score (nSPS) is 13.7. The van der Waals surface area contributed by atoms with Gasteiger partial charge in [0.1, 0.15) is 5.69 Å². The summed E-state index contributed by atoms with van der Waals surface area (Å²) < 4.78 is 1.63. The molecule has 1 aliphatic heterocycles. The monoisotopic (exact) mass is 397 g/mol. The van der Waals surface area contributed by atoms with Gasteiger partial charge in [0.05, 0.1) is 24.1 Å². The molecule has 0 atom stereocenters. The van der Waals surface area contributed by atoms with E-state index in [1.54, 1.807) is 15.8 Å². The van der Waals surface area contributed by atoms with Gasteiger partial charge in [-0.1, -0.05) is 25.5 Å². The highest BCUT2D eigenvalue weighted by Gasteiger charge is 2.34. The molecule has 3 rings (SSSR count). The minimum Gasteiger partial charge on any atom is -0.319 e. The molecule has 1 aliphatic rings. The summed E-state index contributed by atoms with van der Waals surface area (Å²) >= 11 is 0. The van der Waals surface area contributed by atoms with Crippen LogP contribution in [-0.2, 0) is 11.3 Å². The van der Waals surface area contributed by atoms with Crippen LogP contribution in [-0.4, -0.2) is 45.1 Å². The number of carbonyl (C=O) groups is 2. The number of para-hydroxylation sites is 2. The molecule has 0 fully saturated rings. The van der Waals surface area contributed by atoms with Crippen LogP contribution in [0.1, 0.15) is 57.9 Å². The van der Waals surface area contributed by atoms with Gasteiger partial charge in [-0.25, -0.2) is 0 Å². The molecule has 0 aliphatic carbocycles. The minimum atomic E-state index is -0.249. The van der Waals surface area contributed by atoms with Gasteiger partial charge in [0.2, 0.25) is 5.91 Å². The lowest BCUT2D eigenvalue weighted by Crippen LogP contribution is -2.48. The molecular formula is C22H31N5O2. The Bertz CT molecular complexity index is 897. The van der Waals surface area contributed by atoms with Gasteiger partial charge in [-0.3, -0.25) is 24.1 Å². The van der Waals surface area contributed by atoms with Gasteiger partial charge in [-0.2, -0.15) is 5.10 Å². The maximum atomic E-state index is 13.6. The molecule has 0 saturated heterocycles. The molecule has 29 heavy (non-hydrogen) atoms. The topological polar surface area (TPSA) is 70.5 Å². The van der Waals surface area contributed by atoms with E-state index in [4.69, 9.17) is 0 Å². The van der Waals surface area contributed by atoms with Crippen molar-refractivity contribution in [2.45, 2.75) is 59.5 Å². The maximum absolute atomic E-state index is 13.6. The van der Waals surface area contributed by atoms with E-state index in [9.17, 15) is 9.59 Å². The molecule has 2 amide bonds. The number of unbranched alkanes of at least 4 members (excludes halogenated alkanes) is 1. The van der Waals surface area contributed by atoms with Gasteiger partial charge in [0, 0.05) is 12.1 Å². The number of anilines is 3. The van der Waals surface area contributed by atoms with Crippen molar-refractivity contribution in [1.29, 1.82) is 0 Å². The van der Waals surface area contributed by atoms with Gasteiger partial charge in [0.15, 0.2) is 5.69 Å². The quantitative estimate of drug-likeness (QED) is 0.799. The molecular weight excluding hydrogens is 366 g/mol. The summed E-state index contributed by atoms with van der Waals surface area (Å²) in [7, 11) is 0. The van der Waals surface area contributed by atoms with Gasteiger partial charge in [0.25, 0.3) is 5.91 Å². The van der Waals surface area contributed by atoms with E-state index in [2.05, 4.69) is 43.0 Å². The van der Waals surface area contributed by atoms with Crippen LogP contribution >= 0.6 is 0 Å². The Labute approximate surface area is 172 Å². The molecule has 1 aromatic carbocycles. The lowest BCUT2D eigenvalue weighted by Gasteiger charge is -2.36. The molecule has 1 aromatic heterocycles. The Kier molecular flexibility index (Phi) is 6.07. The first kappa shape index (κ1) is 21.0.